The maximum absolute atomic E-state index is 11.4. The number of carbonyl (C=O) groups excluding carboxylic acids is 1. The van der Waals surface area contributed by atoms with Gasteiger partial charge in [-0.2, -0.15) is 4.98 Å². The summed E-state index contributed by atoms with van der Waals surface area (Å²) in [4.78, 5) is 15.5. The normalized spacial score (nSPS) is 18.2. The van der Waals surface area contributed by atoms with Gasteiger partial charge in [-0.05, 0) is 32.6 Å². The van der Waals surface area contributed by atoms with Gasteiger partial charge in [-0.25, -0.2) is 4.79 Å². The second-order valence-corrected chi connectivity index (χ2v) is 4.78. The molecule has 6 heteroatoms. The second-order valence-electron chi connectivity index (χ2n) is 4.78. The Morgan fingerprint density at radius 1 is 1.72 bits per heavy atom. The van der Waals surface area contributed by atoms with E-state index < -0.39 is 5.97 Å². The standard InChI is InChI=1S/C12H19N3O3/c1-3-17-10(16)9-6-18-11(14-9)15-12(2,7-13)8-4-5-8/h6,8H,3-5,7,13H2,1-2H3,(H,14,15). The highest BCUT2D eigenvalue weighted by atomic mass is 16.5. The van der Waals surface area contributed by atoms with E-state index in [4.69, 9.17) is 14.9 Å². The van der Waals surface area contributed by atoms with E-state index in [0.717, 1.165) is 12.8 Å². The molecule has 1 aliphatic carbocycles. The molecule has 1 aromatic heterocycles. The van der Waals surface area contributed by atoms with Gasteiger partial charge in [0.05, 0.1) is 12.1 Å². The van der Waals surface area contributed by atoms with Crippen LogP contribution >= 0.6 is 0 Å². The zero-order chi connectivity index (χ0) is 13.2. The van der Waals surface area contributed by atoms with Gasteiger partial charge in [-0.15, -0.1) is 0 Å². The fourth-order valence-corrected chi connectivity index (χ4v) is 1.91. The van der Waals surface area contributed by atoms with Crippen LogP contribution in [-0.2, 0) is 4.74 Å². The highest BCUT2D eigenvalue weighted by Gasteiger charge is 2.41. The first-order valence-corrected chi connectivity index (χ1v) is 6.20. The zero-order valence-electron chi connectivity index (χ0n) is 10.7. The molecule has 1 atom stereocenters. The highest BCUT2D eigenvalue weighted by Crippen LogP contribution is 2.40. The number of nitrogens with one attached hydrogen (secondary N) is 1. The number of oxazole rings is 1. The molecule has 6 nitrogen and oxygen atoms in total. The Hall–Kier alpha value is -1.56. The van der Waals surface area contributed by atoms with Crippen LogP contribution in [0.5, 0.6) is 0 Å². The summed E-state index contributed by atoms with van der Waals surface area (Å²) >= 11 is 0. The van der Waals surface area contributed by atoms with Crippen LogP contribution in [0.1, 0.15) is 37.2 Å². The molecule has 1 aliphatic rings. The van der Waals surface area contributed by atoms with Gasteiger partial charge in [-0.3, -0.25) is 0 Å². The van der Waals surface area contributed by atoms with Crippen molar-refractivity contribution in [2.45, 2.75) is 32.2 Å². The van der Waals surface area contributed by atoms with Crippen LogP contribution in [0.3, 0.4) is 0 Å². The van der Waals surface area contributed by atoms with E-state index in [1.54, 1.807) is 6.92 Å². The van der Waals surface area contributed by atoms with Crippen LogP contribution in [0.4, 0.5) is 6.01 Å². The van der Waals surface area contributed by atoms with Gasteiger partial charge in [0.2, 0.25) is 0 Å². The average molecular weight is 253 g/mol. The van der Waals surface area contributed by atoms with Crippen LogP contribution in [0.15, 0.2) is 10.7 Å². The summed E-state index contributed by atoms with van der Waals surface area (Å²) < 4.78 is 10.1. The molecule has 0 amide bonds. The largest absolute Gasteiger partial charge is 0.461 e. The van der Waals surface area contributed by atoms with E-state index in [2.05, 4.69) is 10.3 Å². The van der Waals surface area contributed by atoms with Gasteiger partial charge in [0.25, 0.3) is 6.01 Å². The third-order valence-corrected chi connectivity index (χ3v) is 3.28. The maximum atomic E-state index is 11.4. The lowest BCUT2D eigenvalue weighted by molar-refractivity contribution is 0.0519. The smallest absolute Gasteiger partial charge is 0.360 e. The number of nitrogens with zero attached hydrogens (tertiary/aromatic N) is 1. The Balaban J connectivity index is 2.03. The first kappa shape index (κ1) is 12.9. The van der Waals surface area contributed by atoms with Crippen LogP contribution in [-0.4, -0.2) is 29.6 Å². The van der Waals surface area contributed by atoms with Gasteiger partial charge >= 0.3 is 5.97 Å². The minimum Gasteiger partial charge on any atom is -0.461 e. The van der Waals surface area contributed by atoms with E-state index in [1.807, 2.05) is 6.92 Å². The third-order valence-electron chi connectivity index (χ3n) is 3.28. The molecular formula is C12H19N3O3. The third kappa shape index (κ3) is 2.64. The van der Waals surface area contributed by atoms with E-state index in [-0.39, 0.29) is 11.2 Å². The van der Waals surface area contributed by atoms with E-state index in [9.17, 15) is 4.79 Å². The summed E-state index contributed by atoms with van der Waals surface area (Å²) in [6, 6.07) is 0.318. The summed E-state index contributed by atoms with van der Waals surface area (Å²) in [5.41, 5.74) is 5.74. The molecule has 18 heavy (non-hydrogen) atoms. The van der Waals surface area contributed by atoms with E-state index >= 15 is 0 Å². The molecule has 1 unspecified atom stereocenters. The molecule has 0 radical (unpaired) electrons. The van der Waals surface area contributed by atoms with E-state index in [0.29, 0.717) is 25.1 Å². The van der Waals surface area contributed by atoms with Crippen molar-refractivity contribution in [3.05, 3.63) is 12.0 Å². The molecule has 0 aliphatic heterocycles. The van der Waals surface area contributed by atoms with Crippen LogP contribution in [0.25, 0.3) is 0 Å². The number of esters is 1. The van der Waals surface area contributed by atoms with Gasteiger partial charge < -0.3 is 20.2 Å². The quantitative estimate of drug-likeness (QED) is 0.744. The molecule has 100 valence electrons. The van der Waals surface area contributed by atoms with Crippen LogP contribution in [0, 0.1) is 5.92 Å². The van der Waals surface area contributed by atoms with E-state index in [1.165, 1.54) is 6.26 Å². The average Bonchev–Trinajstić information content (AvgIpc) is 3.11. The zero-order valence-corrected chi connectivity index (χ0v) is 10.7. The lowest BCUT2D eigenvalue weighted by Gasteiger charge is -2.28. The number of ether oxygens (including phenoxy) is 1. The molecular weight excluding hydrogens is 234 g/mol. The van der Waals surface area contributed by atoms with Gasteiger partial charge in [0, 0.05) is 6.54 Å². The molecule has 0 saturated heterocycles. The van der Waals surface area contributed by atoms with Crippen molar-refractivity contribution in [2.24, 2.45) is 11.7 Å². The predicted octanol–water partition coefficient (Wildman–Crippen LogP) is 1.39. The minimum absolute atomic E-state index is 0.175. The molecule has 1 fully saturated rings. The number of anilines is 1. The molecule has 3 N–H and O–H groups in total. The molecule has 0 aromatic carbocycles. The van der Waals surface area contributed by atoms with Crippen molar-refractivity contribution in [3.63, 3.8) is 0 Å². The summed E-state index contributed by atoms with van der Waals surface area (Å²) in [6.07, 6.45) is 3.61. The van der Waals surface area contributed by atoms with Crippen molar-refractivity contribution in [1.29, 1.82) is 0 Å². The Labute approximate surface area is 106 Å². The molecule has 0 bridgehead atoms. The van der Waals surface area contributed by atoms with Crippen molar-refractivity contribution in [1.82, 2.24) is 4.98 Å². The summed E-state index contributed by atoms with van der Waals surface area (Å²) in [7, 11) is 0. The molecule has 0 spiro atoms. The van der Waals surface area contributed by atoms with Crippen molar-refractivity contribution in [3.8, 4) is 0 Å². The summed E-state index contributed by atoms with van der Waals surface area (Å²) in [5, 5.41) is 3.17. The molecule has 1 saturated carbocycles. The number of nitrogens with two attached hydrogens (primary N) is 1. The molecule has 1 aromatic rings. The van der Waals surface area contributed by atoms with Crippen LogP contribution < -0.4 is 11.1 Å². The monoisotopic (exact) mass is 253 g/mol. The summed E-state index contributed by atoms with van der Waals surface area (Å²) in [6.45, 7) is 4.60. The number of hydrogen-bond donors (Lipinski definition) is 2. The molecule has 2 rings (SSSR count). The second kappa shape index (κ2) is 4.97. The number of rotatable bonds is 6. The fraction of sp³-hybridized carbons (Fsp3) is 0.667. The first-order valence-electron chi connectivity index (χ1n) is 6.20. The predicted molar refractivity (Wildman–Crippen MR) is 66.3 cm³/mol. The van der Waals surface area contributed by atoms with Crippen molar-refractivity contribution in [2.75, 3.05) is 18.5 Å². The van der Waals surface area contributed by atoms with Crippen LogP contribution in [0.2, 0.25) is 0 Å². The minimum atomic E-state index is -0.477. The maximum Gasteiger partial charge on any atom is 0.360 e. The first-order chi connectivity index (χ1) is 8.59. The Morgan fingerprint density at radius 3 is 3.00 bits per heavy atom. The number of hydrogen-bond acceptors (Lipinski definition) is 6. The summed E-state index contributed by atoms with van der Waals surface area (Å²) in [5.74, 6) is 0.0654. The van der Waals surface area contributed by atoms with Crippen molar-refractivity contribution < 1.29 is 13.9 Å². The van der Waals surface area contributed by atoms with Gasteiger partial charge in [0.1, 0.15) is 6.26 Å². The lowest BCUT2D eigenvalue weighted by atomic mass is 9.96. The number of aromatic nitrogens is 1. The Kier molecular flexibility index (Phi) is 3.56. The SMILES string of the molecule is CCOC(=O)c1coc(NC(C)(CN)C2CC2)n1. The van der Waals surface area contributed by atoms with Gasteiger partial charge in [-0.1, -0.05) is 0 Å². The van der Waals surface area contributed by atoms with Crippen molar-refractivity contribution >= 4 is 12.0 Å². The number of carbonyl (C=O) groups is 1. The topological polar surface area (TPSA) is 90.4 Å². The fourth-order valence-electron chi connectivity index (χ4n) is 1.91. The Bertz CT molecular complexity index is 428. The molecule has 1 heterocycles. The highest BCUT2D eigenvalue weighted by molar-refractivity contribution is 5.87. The lowest BCUT2D eigenvalue weighted by Crippen LogP contribution is -2.44. The Morgan fingerprint density at radius 2 is 2.44 bits per heavy atom. The van der Waals surface area contributed by atoms with Gasteiger partial charge in [0.15, 0.2) is 5.69 Å².